The molecule has 3 nitrogen and oxygen atoms in total. The molecule has 0 unspecified atom stereocenters. The second-order valence-electron chi connectivity index (χ2n) is 4.77. The standard InChI is InChI=1S/C17H19N3/c1-2-3-11-20(17-7-5-4-6-8-17)14-15-9-10-19-16(12-15)13-18/h4-10,12H,2-3,11,14H2,1H3. The van der Waals surface area contributed by atoms with E-state index in [2.05, 4.69) is 47.1 Å². The molecule has 1 heterocycles. The van der Waals surface area contributed by atoms with Gasteiger partial charge in [0.2, 0.25) is 0 Å². The van der Waals surface area contributed by atoms with Gasteiger partial charge in [0.25, 0.3) is 0 Å². The summed E-state index contributed by atoms with van der Waals surface area (Å²) in [6, 6.07) is 16.3. The van der Waals surface area contributed by atoms with E-state index in [1.165, 1.54) is 12.1 Å². The van der Waals surface area contributed by atoms with Gasteiger partial charge < -0.3 is 4.90 Å². The van der Waals surface area contributed by atoms with E-state index in [-0.39, 0.29) is 0 Å². The first-order chi connectivity index (χ1) is 9.83. The Labute approximate surface area is 120 Å². The van der Waals surface area contributed by atoms with Gasteiger partial charge in [-0.05, 0) is 36.2 Å². The predicted octanol–water partition coefficient (Wildman–Crippen LogP) is 3.76. The molecule has 102 valence electrons. The van der Waals surface area contributed by atoms with E-state index in [0.29, 0.717) is 5.69 Å². The number of hydrogen-bond acceptors (Lipinski definition) is 3. The van der Waals surface area contributed by atoms with Crippen LogP contribution in [0.2, 0.25) is 0 Å². The average Bonchev–Trinajstić information content (AvgIpc) is 2.52. The van der Waals surface area contributed by atoms with Crippen LogP contribution in [0.3, 0.4) is 0 Å². The number of hydrogen-bond donors (Lipinski definition) is 0. The maximum absolute atomic E-state index is 8.93. The molecule has 0 N–H and O–H groups in total. The van der Waals surface area contributed by atoms with Crippen molar-refractivity contribution in [3.63, 3.8) is 0 Å². The van der Waals surface area contributed by atoms with Gasteiger partial charge >= 0.3 is 0 Å². The van der Waals surface area contributed by atoms with Crippen molar-refractivity contribution >= 4 is 5.69 Å². The molecule has 0 saturated heterocycles. The van der Waals surface area contributed by atoms with Gasteiger partial charge in [-0.3, -0.25) is 0 Å². The van der Waals surface area contributed by atoms with Gasteiger partial charge in [0, 0.05) is 25.0 Å². The summed E-state index contributed by atoms with van der Waals surface area (Å²) in [5.41, 5.74) is 2.82. The smallest absolute Gasteiger partial charge is 0.140 e. The molecule has 1 aromatic carbocycles. The topological polar surface area (TPSA) is 39.9 Å². The Morgan fingerprint density at radius 1 is 1.20 bits per heavy atom. The third-order valence-electron chi connectivity index (χ3n) is 3.22. The Balaban J connectivity index is 2.17. The fourth-order valence-electron chi connectivity index (χ4n) is 2.14. The number of aromatic nitrogens is 1. The van der Waals surface area contributed by atoms with E-state index in [9.17, 15) is 0 Å². The number of pyridine rings is 1. The number of benzene rings is 1. The first-order valence-electron chi connectivity index (χ1n) is 6.98. The SMILES string of the molecule is CCCCN(Cc1ccnc(C#N)c1)c1ccccc1. The third-order valence-corrected chi connectivity index (χ3v) is 3.22. The van der Waals surface area contributed by atoms with E-state index in [1.54, 1.807) is 6.20 Å². The maximum atomic E-state index is 8.93. The summed E-state index contributed by atoms with van der Waals surface area (Å²) in [5, 5.41) is 8.93. The quantitative estimate of drug-likeness (QED) is 0.798. The Hall–Kier alpha value is -2.34. The molecule has 0 aliphatic heterocycles. The number of unbranched alkanes of at least 4 members (excludes halogenated alkanes) is 1. The molecule has 2 aromatic rings. The minimum atomic E-state index is 0.478. The molecule has 2 rings (SSSR count). The molecule has 0 amide bonds. The normalized spacial score (nSPS) is 10.0. The van der Waals surface area contributed by atoms with Crippen LogP contribution in [0.25, 0.3) is 0 Å². The van der Waals surface area contributed by atoms with Gasteiger partial charge in [-0.15, -0.1) is 0 Å². The fourth-order valence-corrected chi connectivity index (χ4v) is 2.14. The lowest BCUT2D eigenvalue weighted by atomic mass is 10.2. The summed E-state index contributed by atoms with van der Waals surface area (Å²) in [4.78, 5) is 6.37. The van der Waals surface area contributed by atoms with Crippen LogP contribution in [0.4, 0.5) is 5.69 Å². The molecule has 0 aliphatic rings. The third kappa shape index (κ3) is 3.83. The van der Waals surface area contributed by atoms with Gasteiger partial charge in [-0.1, -0.05) is 31.5 Å². The van der Waals surface area contributed by atoms with E-state index >= 15 is 0 Å². The van der Waals surface area contributed by atoms with Gasteiger partial charge in [0.05, 0.1) is 0 Å². The van der Waals surface area contributed by atoms with Crippen molar-refractivity contribution in [3.8, 4) is 6.07 Å². The van der Waals surface area contributed by atoms with E-state index in [1.807, 2.05) is 18.2 Å². The van der Waals surface area contributed by atoms with Crippen LogP contribution in [0.1, 0.15) is 31.0 Å². The number of rotatable bonds is 6. The number of nitriles is 1. The second kappa shape index (κ2) is 7.30. The summed E-state index contributed by atoms with van der Waals surface area (Å²) in [6.07, 6.45) is 4.03. The summed E-state index contributed by atoms with van der Waals surface area (Å²) >= 11 is 0. The highest BCUT2D eigenvalue weighted by Gasteiger charge is 2.07. The summed E-state index contributed by atoms with van der Waals surface area (Å²) in [5.74, 6) is 0. The van der Waals surface area contributed by atoms with Crippen LogP contribution in [0, 0.1) is 11.3 Å². The van der Waals surface area contributed by atoms with Crippen molar-refractivity contribution in [2.75, 3.05) is 11.4 Å². The molecule has 0 atom stereocenters. The van der Waals surface area contributed by atoms with Crippen LogP contribution >= 0.6 is 0 Å². The monoisotopic (exact) mass is 265 g/mol. The highest BCUT2D eigenvalue weighted by Crippen LogP contribution is 2.17. The van der Waals surface area contributed by atoms with Crippen molar-refractivity contribution in [1.82, 2.24) is 4.98 Å². The molecule has 20 heavy (non-hydrogen) atoms. The van der Waals surface area contributed by atoms with Crippen LogP contribution in [0.15, 0.2) is 48.7 Å². The molecule has 1 aromatic heterocycles. The predicted molar refractivity (Wildman–Crippen MR) is 81.4 cm³/mol. The molecule has 0 fully saturated rings. The Bertz CT molecular complexity index is 572. The van der Waals surface area contributed by atoms with Gasteiger partial charge in [-0.2, -0.15) is 5.26 Å². The highest BCUT2D eigenvalue weighted by atomic mass is 15.1. The van der Waals surface area contributed by atoms with Gasteiger partial charge in [0.1, 0.15) is 11.8 Å². The first kappa shape index (κ1) is 14.1. The van der Waals surface area contributed by atoms with E-state index < -0.39 is 0 Å². The molecule has 0 spiro atoms. The molecule has 0 saturated carbocycles. The largest absolute Gasteiger partial charge is 0.367 e. The van der Waals surface area contributed by atoms with E-state index in [4.69, 9.17) is 5.26 Å². The van der Waals surface area contributed by atoms with Gasteiger partial charge in [0.15, 0.2) is 0 Å². The van der Waals surface area contributed by atoms with Crippen LogP contribution in [0.5, 0.6) is 0 Å². The molecular formula is C17H19N3. The van der Waals surface area contributed by atoms with Crippen LogP contribution in [-0.4, -0.2) is 11.5 Å². The van der Waals surface area contributed by atoms with Gasteiger partial charge in [-0.25, -0.2) is 4.98 Å². The summed E-state index contributed by atoms with van der Waals surface area (Å²) < 4.78 is 0. The lowest BCUT2D eigenvalue weighted by Gasteiger charge is -2.25. The lowest BCUT2D eigenvalue weighted by Crippen LogP contribution is -2.23. The molecule has 0 aliphatic carbocycles. The van der Waals surface area contributed by atoms with Crippen molar-refractivity contribution in [3.05, 3.63) is 59.9 Å². The molecule has 3 heteroatoms. The van der Waals surface area contributed by atoms with Crippen molar-refractivity contribution in [2.45, 2.75) is 26.3 Å². The van der Waals surface area contributed by atoms with Crippen molar-refractivity contribution < 1.29 is 0 Å². The molecule has 0 bridgehead atoms. The zero-order valence-corrected chi connectivity index (χ0v) is 11.8. The Morgan fingerprint density at radius 2 is 2.00 bits per heavy atom. The van der Waals surface area contributed by atoms with Crippen molar-refractivity contribution in [1.29, 1.82) is 5.26 Å². The number of para-hydroxylation sites is 1. The second-order valence-corrected chi connectivity index (χ2v) is 4.77. The van der Waals surface area contributed by atoms with Crippen molar-refractivity contribution in [2.24, 2.45) is 0 Å². The zero-order chi connectivity index (χ0) is 14.2. The zero-order valence-electron chi connectivity index (χ0n) is 11.8. The number of anilines is 1. The Morgan fingerprint density at radius 3 is 2.70 bits per heavy atom. The van der Waals surface area contributed by atoms with Crippen LogP contribution in [-0.2, 0) is 6.54 Å². The minimum absolute atomic E-state index is 0.478. The Kier molecular flexibility index (Phi) is 5.14. The summed E-state index contributed by atoms with van der Waals surface area (Å²) in [7, 11) is 0. The lowest BCUT2D eigenvalue weighted by molar-refractivity contribution is 0.715. The molecule has 0 radical (unpaired) electrons. The maximum Gasteiger partial charge on any atom is 0.140 e. The van der Waals surface area contributed by atoms with Crippen LogP contribution < -0.4 is 4.90 Å². The summed E-state index contributed by atoms with van der Waals surface area (Å²) in [6.45, 7) is 4.02. The first-order valence-corrected chi connectivity index (χ1v) is 6.98. The minimum Gasteiger partial charge on any atom is -0.367 e. The van der Waals surface area contributed by atoms with E-state index in [0.717, 1.165) is 25.1 Å². The molecular weight excluding hydrogens is 246 g/mol. The average molecular weight is 265 g/mol. The number of nitrogens with zero attached hydrogens (tertiary/aromatic N) is 3. The highest BCUT2D eigenvalue weighted by molar-refractivity contribution is 5.46. The fraction of sp³-hybridized carbons (Fsp3) is 0.294.